The zero-order valence-corrected chi connectivity index (χ0v) is 8.31. The number of nitrogens with zero attached hydrogens (tertiary/aromatic N) is 1. The van der Waals surface area contributed by atoms with Crippen LogP contribution in [0.3, 0.4) is 0 Å². The minimum atomic E-state index is -4.04. The summed E-state index contributed by atoms with van der Waals surface area (Å²) in [6.45, 7) is 3.89. The molecule has 0 aromatic carbocycles. The molecular formula is C9H16F3NO. The minimum absolute atomic E-state index is 0.101. The number of hydrogen-bond acceptors (Lipinski definition) is 2. The van der Waals surface area contributed by atoms with Crippen LogP contribution in [0.5, 0.6) is 0 Å². The molecule has 84 valence electrons. The third-order valence-electron chi connectivity index (χ3n) is 2.39. The van der Waals surface area contributed by atoms with Gasteiger partial charge < -0.3 is 4.74 Å². The highest BCUT2D eigenvalue weighted by Gasteiger charge is 2.29. The summed E-state index contributed by atoms with van der Waals surface area (Å²) >= 11 is 0. The monoisotopic (exact) mass is 211 g/mol. The van der Waals surface area contributed by atoms with Gasteiger partial charge in [0, 0.05) is 19.6 Å². The zero-order chi connectivity index (χ0) is 10.6. The Balaban J connectivity index is 2.24. The lowest BCUT2D eigenvalue weighted by Gasteiger charge is -2.32. The van der Waals surface area contributed by atoms with Crippen LogP contribution in [0.15, 0.2) is 0 Å². The Kier molecular flexibility index (Phi) is 4.19. The van der Waals surface area contributed by atoms with Crippen molar-refractivity contribution in [3.63, 3.8) is 0 Å². The lowest BCUT2D eigenvalue weighted by Crippen LogP contribution is -2.43. The highest BCUT2D eigenvalue weighted by Crippen LogP contribution is 2.20. The van der Waals surface area contributed by atoms with E-state index < -0.39 is 12.6 Å². The van der Waals surface area contributed by atoms with E-state index in [1.807, 2.05) is 11.8 Å². The zero-order valence-electron chi connectivity index (χ0n) is 8.31. The fraction of sp³-hybridized carbons (Fsp3) is 1.00. The van der Waals surface area contributed by atoms with Crippen LogP contribution in [-0.2, 0) is 4.74 Å². The lowest BCUT2D eigenvalue weighted by atomic mass is 10.2. The van der Waals surface area contributed by atoms with Crippen LogP contribution in [0.4, 0.5) is 13.2 Å². The Morgan fingerprint density at radius 1 is 1.43 bits per heavy atom. The van der Waals surface area contributed by atoms with Crippen LogP contribution in [0.1, 0.15) is 19.8 Å². The maximum Gasteiger partial charge on any atom is 0.390 e. The molecule has 2 nitrogen and oxygen atoms in total. The molecule has 0 spiro atoms. The van der Waals surface area contributed by atoms with Crippen molar-refractivity contribution in [2.75, 3.05) is 26.2 Å². The van der Waals surface area contributed by atoms with Gasteiger partial charge in [0.2, 0.25) is 0 Å². The fourth-order valence-electron chi connectivity index (χ4n) is 1.52. The Labute approximate surface area is 82.0 Å². The minimum Gasteiger partial charge on any atom is -0.376 e. The molecule has 1 heterocycles. The van der Waals surface area contributed by atoms with Gasteiger partial charge in [-0.15, -0.1) is 0 Å². The third-order valence-corrected chi connectivity index (χ3v) is 2.39. The predicted octanol–water partition coefficient (Wildman–Crippen LogP) is 2.05. The van der Waals surface area contributed by atoms with Crippen molar-refractivity contribution >= 4 is 0 Å². The summed E-state index contributed by atoms with van der Waals surface area (Å²) in [6, 6.07) is 0. The van der Waals surface area contributed by atoms with Crippen LogP contribution >= 0.6 is 0 Å². The molecule has 0 aromatic rings. The van der Waals surface area contributed by atoms with E-state index in [1.54, 1.807) is 0 Å². The fourth-order valence-corrected chi connectivity index (χ4v) is 1.52. The highest BCUT2D eigenvalue weighted by atomic mass is 19.4. The number of halogens is 3. The molecular weight excluding hydrogens is 195 g/mol. The quantitative estimate of drug-likeness (QED) is 0.708. The second-order valence-electron chi connectivity index (χ2n) is 3.57. The molecule has 0 aliphatic carbocycles. The molecule has 1 unspecified atom stereocenters. The van der Waals surface area contributed by atoms with E-state index in [-0.39, 0.29) is 12.6 Å². The Morgan fingerprint density at radius 2 is 2.14 bits per heavy atom. The predicted molar refractivity (Wildman–Crippen MR) is 47.1 cm³/mol. The summed E-state index contributed by atoms with van der Waals surface area (Å²) in [6.07, 6.45) is -3.79. The molecule has 1 saturated heterocycles. The van der Waals surface area contributed by atoms with E-state index in [4.69, 9.17) is 4.74 Å². The molecule has 0 radical (unpaired) electrons. The van der Waals surface area contributed by atoms with Crippen LogP contribution in [0.2, 0.25) is 0 Å². The molecule has 0 amide bonds. The summed E-state index contributed by atoms with van der Waals surface area (Å²) in [4.78, 5) is 1.82. The smallest absolute Gasteiger partial charge is 0.376 e. The second-order valence-corrected chi connectivity index (χ2v) is 3.57. The Morgan fingerprint density at radius 3 is 2.71 bits per heavy atom. The third kappa shape index (κ3) is 4.28. The van der Waals surface area contributed by atoms with Gasteiger partial charge in [-0.1, -0.05) is 6.92 Å². The standard InChI is InChI=1S/C9H16F3NO/c1-2-8-7-13(5-6-14-8)4-3-9(10,11)12/h8H,2-7H2,1H3. The van der Waals surface area contributed by atoms with Gasteiger partial charge in [-0.3, -0.25) is 4.90 Å². The van der Waals surface area contributed by atoms with Gasteiger partial charge in [-0.25, -0.2) is 0 Å². The largest absolute Gasteiger partial charge is 0.390 e. The van der Waals surface area contributed by atoms with Gasteiger partial charge in [-0.05, 0) is 6.42 Å². The topological polar surface area (TPSA) is 12.5 Å². The normalized spacial score (nSPS) is 25.3. The molecule has 1 atom stereocenters. The summed E-state index contributed by atoms with van der Waals surface area (Å²) < 4.78 is 41.2. The van der Waals surface area contributed by atoms with Crippen molar-refractivity contribution < 1.29 is 17.9 Å². The van der Waals surface area contributed by atoms with E-state index >= 15 is 0 Å². The van der Waals surface area contributed by atoms with Crippen molar-refractivity contribution in [3.8, 4) is 0 Å². The summed E-state index contributed by atoms with van der Waals surface area (Å²) in [5.74, 6) is 0. The van der Waals surface area contributed by atoms with Crippen molar-refractivity contribution in [2.24, 2.45) is 0 Å². The van der Waals surface area contributed by atoms with E-state index in [0.29, 0.717) is 19.7 Å². The van der Waals surface area contributed by atoms with Gasteiger partial charge in [0.25, 0.3) is 0 Å². The average molecular weight is 211 g/mol. The van der Waals surface area contributed by atoms with Crippen molar-refractivity contribution in [3.05, 3.63) is 0 Å². The van der Waals surface area contributed by atoms with E-state index in [9.17, 15) is 13.2 Å². The van der Waals surface area contributed by atoms with Crippen LogP contribution in [0, 0.1) is 0 Å². The van der Waals surface area contributed by atoms with Gasteiger partial charge in [-0.2, -0.15) is 13.2 Å². The molecule has 5 heteroatoms. The first-order valence-electron chi connectivity index (χ1n) is 4.92. The lowest BCUT2D eigenvalue weighted by molar-refractivity contribution is -0.142. The molecule has 1 aliphatic rings. The van der Waals surface area contributed by atoms with Gasteiger partial charge in [0.1, 0.15) is 0 Å². The summed E-state index contributed by atoms with van der Waals surface area (Å²) in [7, 11) is 0. The molecule has 1 rings (SSSR count). The van der Waals surface area contributed by atoms with E-state index in [0.717, 1.165) is 6.42 Å². The van der Waals surface area contributed by atoms with Gasteiger partial charge in [0.05, 0.1) is 19.1 Å². The number of ether oxygens (including phenoxy) is 1. The van der Waals surface area contributed by atoms with Crippen LogP contribution < -0.4 is 0 Å². The Hall–Kier alpha value is -0.290. The summed E-state index contributed by atoms with van der Waals surface area (Å²) in [5, 5.41) is 0. The second kappa shape index (κ2) is 4.98. The van der Waals surface area contributed by atoms with Crippen molar-refractivity contribution in [1.82, 2.24) is 4.90 Å². The first-order valence-corrected chi connectivity index (χ1v) is 4.92. The van der Waals surface area contributed by atoms with Crippen LogP contribution in [0.25, 0.3) is 0 Å². The van der Waals surface area contributed by atoms with Gasteiger partial charge in [0.15, 0.2) is 0 Å². The van der Waals surface area contributed by atoms with Crippen LogP contribution in [-0.4, -0.2) is 43.4 Å². The molecule has 1 aliphatic heterocycles. The first-order chi connectivity index (χ1) is 6.51. The van der Waals surface area contributed by atoms with E-state index in [1.165, 1.54) is 0 Å². The molecule has 1 fully saturated rings. The average Bonchev–Trinajstić information content (AvgIpc) is 2.14. The van der Waals surface area contributed by atoms with Crippen molar-refractivity contribution in [1.29, 1.82) is 0 Å². The number of alkyl halides is 3. The van der Waals surface area contributed by atoms with Crippen molar-refractivity contribution in [2.45, 2.75) is 32.0 Å². The van der Waals surface area contributed by atoms with Gasteiger partial charge >= 0.3 is 6.18 Å². The number of rotatable bonds is 3. The van der Waals surface area contributed by atoms with E-state index in [2.05, 4.69) is 0 Å². The summed E-state index contributed by atoms with van der Waals surface area (Å²) in [5.41, 5.74) is 0. The molecule has 0 bridgehead atoms. The number of hydrogen-bond donors (Lipinski definition) is 0. The number of morpholine rings is 1. The Bertz CT molecular complexity index is 172. The molecule has 0 saturated carbocycles. The first kappa shape index (κ1) is 11.8. The molecule has 0 N–H and O–H groups in total. The SMILES string of the molecule is CCC1CN(CCC(F)(F)F)CCO1. The maximum atomic E-state index is 11.9. The highest BCUT2D eigenvalue weighted by molar-refractivity contribution is 4.71. The maximum absolute atomic E-state index is 11.9. The molecule has 14 heavy (non-hydrogen) atoms. The molecule has 0 aromatic heterocycles.